The van der Waals surface area contributed by atoms with Crippen molar-refractivity contribution in [3.05, 3.63) is 35.1 Å². The van der Waals surface area contributed by atoms with Crippen molar-refractivity contribution in [1.29, 1.82) is 0 Å². The van der Waals surface area contributed by atoms with Gasteiger partial charge in [-0.15, -0.1) is 0 Å². The van der Waals surface area contributed by atoms with E-state index >= 15 is 0 Å². The highest BCUT2D eigenvalue weighted by molar-refractivity contribution is 9.10. The van der Waals surface area contributed by atoms with Gasteiger partial charge in [-0.3, -0.25) is 4.57 Å². The lowest BCUT2D eigenvalue weighted by Crippen LogP contribution is -2.08. The van der Waals surface area contributed by atoms with Crippen LogP contribution in [0.15, 0.2) is 35.1 Å². The van der Waals surface area contributed by atoms with Gasteiger partial charge in [0.1, 0.15) is 5.75 Å². The van der Waals surface area contributed by atoms with Crippen LogP contribution in [0.1, 0.15) is 19.8 Å². The predicted molar refractivity (Wildman–Crippen MR) is 81.2 cm³/mol. The number of nitrogens with one attached hydrogen (secondary N) is 1. The van der Waals surface area contributed by atoms with Crippen molar-refractivity contribution in [2.45, 2.75) is 19.8 Å². The Kier molecular flexibility index (Phi) is 4.85. The fraction of sp³-hybridized carbons (Fsp3) is 0.357. The van der Waals surface area contributed by atoms with E-state index in [-0.39, 0.29) is 0 Å². The fourth-order valence-electron chi connectivity index (χ4n) is 1.86. The molecular weight excluding hydrogens is 306 g/mol. The summed E-state index contributed by atoms with van der Waals surface area (Å²) >= 11 is 3.49. The van der Waals surface area contributed by atoms with Gasteiger partial charge >= 0.3 is 0 Å². The number of hydrogen-bond donors (Lipinski definition) is 1. The van der Waals surface area contributed by atoms with Crippen molar-refractivity contribution in [3.8, 4) is 11.4 Å². The van der Waals surface area contributed by atoms with Crippen molar-refractivity contribution in [3.63, 3.8) is 0 Å². The fourth-order valence-corrected chi connectivity index (χ4v) is 2.21. The van der Waals surface area contributed by atoms with Crippen molar-refractivity contribution in [2.24, 2.45) is 0 Å². The minimum absolute atomic E-state index is 0.819. The van der Waals surface area contributed by atoms with Crippen LogP contribution in [0, 0.1) is 0 Å². The predicted octanol–water partition coefficient (Wildman–Crippen LogP) is 3.86. The lowest BCUT2D eigenvalue weighted by molar-refractivity contribution is 0.413. The van der Waals surface area contributed by atoms with Crippen LogP contribution in [-0.4, -0.2) is 23.2 Å². The third-order valence-electron chi connectivity index (χ3n) is 2.85. The van der Waals surface area contributed by atoms with Gasteiger partial charge in [0.05, 0.1) is 12.8 Å². The van der Waals surface area contributed by atoms with Crippen molar-refractivity contribution < 1.29 is 4.74 Å². The molecule has 0 saturated carbocycles. The van der Waals surface area contributed by atoms with Gasteiger partial charge < -0.3 is 10.1 Å². The summed E-state index contributed by atoms with van der Waals surface area (Å²) in [5.41, 5.74) is 0.966. The molecule has 2 aromatic rings. The second kappa shape index (κ2) is 6.61. The minimum atomic E-state index is 0.819. The Hall–Kier alpha value is -1.49. The third-order valence-corrected chi connectivity index (χ3v) is 3.35. The number of ether oxygens (including phenoxy) is 1. The van der Waals surface area contributed by atoms with Crippen LogP contribution in [0.2, 0.25) is 0 Å². The number of halogens is 1. The molecule has 0 spiro atoms. The van der Waals surface area contributed by atoms with Gasteiger partial charge in [0.25, 0.3) is 0 Å². The van der Waals surface area contributed by atoms with Crippen molar-refractivity contribution in [2.75, 3.05) is 19.0 Å². The van der Waals surface area contributed by atoms with Gasteiger partial charge in [0.2, 0.25) is 5.95 Å². The summed E-state index contributed by atoms with van der Waals surface area (Å²) in [4.78, 5) is 4.35. The van der Waals surface area contributed by atoms with Crippen LogP contribution in [-0.2, 0) is 0 Å². The standard InChI is InChI=1S/C14H18BrN3O/c1-3-4-7-16-14-17-8-9-18(14)12-10-11(15)5-6-13(12)19-2/h5-6,8-10H,3-4,7H2,1-2H3,(H,16,17). The number of unbranched alkanes of at least 4 members (excludes halogenated alkanes) is 1. The number of methoxy groups -OCH3 is 1. The molecule has 0 atom stereocenters. The SMILES string of the molecule is CCCCNc1nccn1-c1cc(Br)ccc1OC. The van der Waals surface area contributed by atoms with E-state index in [1.165, 1.54) is 0 Å². The molecule has 0 aliphatic heterocycles. The number of aromatic nitrogens is 2. The second-order valence-corrected chi connectivity index (χ2v) is 5.13. The van der Waals surface area contributed by atoms with Crippen LogP contribution >= 0.6 is 15.9 Å². The average Bonchev–Trinajstić information content (AvgIpc) is 2.87. The monoisotopic (exact) mass is 323 g/mol. The van der Waals surface area contributed by atoms with E-state index < -0.39 is 0 Å². The molecule has 102 valence electrons. The number of rotatable bonds is 6. The third kappa shape index (κ3) is 3.29. The molecule has 0 unspecified atom stereocenters. The zero-order valence-corrected chi connectivity index (χ0v) is 12.8. The van der Waals surface area contributed by atoms with E-state index in [4.69, 9.17) is 4.74 Å². The largest absolute Gasteiger partial charge is 0.495 e. The Labute approximate surface area is 121 Å². The highest BCUT2D eigenvalue weighted by Gasteiger charge is 2.10. The zero-order chi connectivity index (χ0) is 13.7. The molecular formula is C14H18BrN3O. The maximum Gasteiger partial charge on any atom is 0.207 e. The van der Waals surface area contributed by atoms with Crippen LogP contribution < -0.4 is 10.1 Å². The summed E-state index contributed by atoms with van der Waals surface area (Å²) in [5, 5.41) is 3.34. The number of nitrogens with zero attached hydrogens (tertiary/aromatic N) is 2. The quantitative estimate of drug-likeness (QED) is 0.820. The van der Waals surface area contributed by atoms with Gasteiger partial charge in [-0.25, -0.2) is 4.98 Å². The Morgan fingerprint density at radius 3 is 3.00 bits per heavy atom. The molecule has 1 heterocycles. The molecule has 1 aromatic carbocycles. The average molecular weight is 324 g/mol. The van der Waals surface area contributed by atoms with Crippen LogP contribution in [0.3, 0.4) is 0 Å². The molecule has 4 nitrogen and oxygen atoms in total. The summed E-state index contributed by atoms with van der Waals surface area (Å²) in [5.74, 6) is 1.66. The highest BCUT2D eigenvalue weighted by Crippen LogP contribution is 2.28. The molecule has 2 rings (SSSR count). The van der Waals surface area contributed by atoms with Gasteiger partial charge in [-0.2, -0.15) is 0 Å². The van der Waals surface area contributed by atoms with Gasteiger partial charge in [-0.05, 0) is 24.6 Å². The Bertz CT molecular complexity index is 539. The molecule has 0 bridgehead atoms. The first-order valence-corrected chi connectivity index (χ1v) is 7.16. The van der Waals surface area contributed by atoms with Crippen LogP contribution in [0.5, 0.6) is 5.75 Å². The first kappa shape index (κ1) is 13.9. The molecule has 0 aliphatic rings. The lowest BCUT2D eigenvalue weighted by Gasteiger charge is -2.13. The Morgan fingerprint density at radius 2 is 2.26 bits per heavy atom. The van der Waals surface area contributed by atoms with E-state index in [9.17, 15) is 0 Å². The summed E-state index contributed by atoms with van der Waals surface area (Å²) in [6.07, 6.45) is 6.00. The molecule has 5 heteroatoms. The van der Waals surface area contributed by atoms with E-state index in [2.05, 4.69) is 33.2 Å². The minimum Gasteiger partial charge on any atom is -0.495 e. The summed E-state index contributed by atoms with van der Waals surface area (Å²) in [6.45, 7) is 3.09. The normalized spacial score (nSPS) is 10.5. The number of anilines is 1. The first-order valence-electron chi connectivity index (χ1n) is 6.37. The molecule has 0 radical (unpaired) electrons. The molecule has 0 aliphatic carbocycles. The van der Waals surface area contributed by atoms with Gasteiger partial charge in [-0.1, -0.05) is 29.3 Å². The zero-order valence-electron chi connectivity index (χ0n) is 11.2. The maximum atomic E-state index is 5.41. The molecule has 19 heavy (non-hydrogen) atoms. The van der Waals surface area contributed by atoms with Crippen molar-refractivity contribution in [1.82, 2.24) is 9.55 Å². The van der Waals surface area contributed by atoms with E-state index in [1.807, 2.05) is 29.0 Å². The Balaban J connectivity index is 2.31. The van der Waals surface area contributed by atoms with Crippen LogP contribution in [0.4, 0.5) is 5.95 Å². The smallest absolute Gasteiger partial charge is 0.207 e. The summed E-state index contributed by atoms with van der Waals surface area (Å²) < 4.78 is 8.42. The van der Waals surface area contributed by atoms with Gasteiger partial charge in [0.15, 0.2) is 0 Å². The highest BCUT2D eigenvalue weighted by atomic mass is 79.9. The Morgan fingerprint density at radius 1 is 1.42 bits per heavy atom. The van der Waals surface area contributed by atoms with E-state index in [0.717, 1.165) is 41.2 Å². The second-order valence-electron chi connectivity index (χ2n) is 4.22. The number of benzene rings is 1. The first-order chi connectivity index (χ1) is 9.26. The molecule has 1 N–H and O–H groups in total. The van der Waals surface area contributed by atoms with E-state index in [0.29, 0.717) is 0 Å². The molecule has 0 fully saturated rings. The summed E-state index contributed by atoms with van der Waals surface area (Å²) in [6, 6.07) is 5.92. The topological polar surface area (TPSA) is 39.1 Å². The molecule has 0 saturated heterocycles. The summed E-state index contributed by atoms with van der Waals surface area (Å²) in [7, 11) is 1.67. The molecule has 0 amide bonds. The van der Waals surface area contributed by atoms with Crippen LogP contribution in [0.25, 0.3) is 5.69 Å². The molecule has 1 aromatic heterocycles. The lowest BCUT2D eigenvalue weighted by atomic mass is 10.3. The number of hydrogen-bond acceptors (Lipinski definition) is 3. The van der Waals surface area contributed by atoms with E-state index in [1.54, 1.807) is 13.3 Å². The maximum absolute atomic E-state index is 5.41. The van der Waals surface area contributed by atoms with Crippen molar-refractivity contribution >= 4 is 21.9 Å². The number of imidazole rings is 1. The van der Waals surface area contributed by atoms with Gasteiger partial charge in [0, 0.05) is 23.4 Å².